The number of hydrogen-bond donors (Lipinski definition) is 2. The van der Waals surface area contributed by atoms with Crippen LogP contribution in [0.2, 0.25) is 0 Å². The maximum atomic E-state index is 8.96. The summed E-state index contributed by atoms with van der Waals surface area (Å²) >= 11 is 0. The Labute approximate surface area is 123 Å². The first kappa shape index (κ1) is 15.5. The first-order valence-corrected chi connectivity index (χ1v) is 7.66. The molecule has 1 aliphatic carbocycles. The normalized spacial score (nSPS) is 18.2. The lowest BCUT2D eigenvalue weighted by atomic mass is 9.99. The Balaban J connectivity index is 1.87. The standard InChI is InChI=1S/C17H28N2O/c1-14-6-4-5-7-16(14)12-17(8-9-17)18-15(2)13-19(3)10-11-20/h4-7,15,18,20H,8-13H2,1-3H3. The van der Waals surface area contributed by atoms with Crippen LogP contribution < -0.4 is 5.32 Å². The van der Waals surface area contributed by atoms with E-state index in [1.807, 2.05) is 0 Å². The lowest BCUT2D eigenvalue weighted by Crippen LogP contribution is -2.45. The van der Waals surface area contributed by atoms with Crippen LogP contribution in [0.3, 0.4) is 0 Å². The second kappa shape index (κ2) is 6.70. The van der Waals surface area contributed by atoms with Crippen molar-refractivity contribution in [3.8, 4) is 0 Å². The Morgan fingerprint density at radius 3 is 2.65 bits per heavy atom. The molecule has 1 saturated carbocycles. The van der Waals surface area contributed by atoms with Gasteiger partial charge in [0.1, 0.15) is 0 Å². The third-order valence-electron chi connectivity index (χ3n) is 4.26. The third-order valence-corrected chi connectivity index (χ3v) is 4.26. The number of nitrogens with one attached hydrogen (secondary N) is 1. The van der Waals surface area contributed by atoms with Crippen LogP contribution in [0.25, 0.3) is 0 Å². The van der Waals surface area contributed by atoms with Crippen molar-refractivity contribution in [2.24, 2.45) is 0 Å². The Morgan fingerprint density at radius 2 is 2.05 bits per heavy atom. The molecule has 2 N–H and O–H groups in total. The first-order chi connectivity index (χ1) is 9.54. The van der Waals surface area contributed by atoms with Gasteiger partial charge < -0.3 is 15.3 Å². The summed E-state index contributed by atoms with van der Waals surface area (Å²) in [5.74, 6) is 0. The van der Waals surface area contributed by atoms with Crippen LogP contribution in [0.15, 0.2) is 24.3 Å². The molecular weight excluding hydrogens is 248 g/mol. The molecular formula is C17H28N2O. The van der Waals surface area contributed by atoms with Crippen molar-refractivity contribution in [2.75, 3.05) is 26.7 Å². The van der Waals surface area contributed by atoms with Crippen molar-refractivity contribution in [3.63, 3.8) is 0 Å². The summed E-state index contributed by atoms with van der Waals surface area (Å²) in [5.41, 5.74) is 3.17. The highest BCUT2D eigenvalue weighted by atomic mass is 16.3. The van der Waals surface area contributed by atoms with E-state index < -0.39 is 0 Å². The van der Waals surface area contributed by atoms with Crippen LogP contribution in [0.4, 0.5) is 0 Å². The maximum Gasteiger partial charge on any atom is 0.0558 e. The molecule has 0 spiro atoms. The quantitative estimate of drug-likeness (QED) is 0.762. The van der Waals surface area contributed by atoms with Crippen molar-refractivity contribution >= 4 is 0 Å². The van der Waals surface area contributed by atoms with E-state index in [4.69, 9.17) is 5.11 Å². The second-order valence-electron chi connectivity index (χ2n) is 6.41. The van der Waals surface area contributed by atoms with Gasteiger partial charge in [0.2, 0.25) is 0 Å². The molecule has 2 rings (SSSR count). The molecule has 112 valence electrons. The van der Waals surface area contributed by atoms with Gasteiger partial charge in [-0.15, -0.1) is 0 Å². The van der Waals surface area contributed by atoms with Gasteiger partial charge in [0, 0.05) is 24.7 Å². The van der Waals surface area contributed by atoms with E-state index in [-0.39, 0.29) is 6.61 Å². The summed E-state index contributed by atoms with van der Waals surface area (Å²) in [7, 11) is 2.06. The number of aliphatic hydroxyl groups excluding tert-OH is 1. The highest BCUT2D eigenvalue weighted by molar-refractivity contribution is 5.29. The molecule has 0 heterocycles. The molecule has 0 saturated heterocycles. The molecule has 0 bridgehead atoms. The fraction of sp³-hybridized carbons (Fsp3) is 0.647. The SMILES string of the molecule is Cc1ccccc1CC1(NC(C)CN(C)CCO)CC1. The molecule has 0 aliphatic heterocycles. The van der Waals surface area contributed by atoms with E-state index in [9.17, 15) is 0 Å². The van der Waals surface area contributed by atoms with Gasteiger partial charge >= 0.3 is 0 Å². The Morgan fingerprint density at radius 1 is 1.35 bits per heavy atom. The molecule has 3 nitrogen and oxygen atoms in total. The average Bonchev–Trinajstić information content (AvgIpc) is 3.11. The topological polar surface area (TPSA) is 35.5 Å². The van der Waals surface area contributed by atoms with Crippen LogP contribution in [-0.4, -0.2) is 48.3 Å². The fourth-order valence-electron chi connectivity index (χ4n) is 2.99. The molecule has 1 aliphatic rings. The molecule has 1 aromatic carbocycles. The number of aryl methyl sites for hydroxylation is 1. The smallest absolute Gasteiger partial charge is 0.0558 e. The molecule has 1 atom stereocenters. The summed E-state index contributed by atoms with van der Waals surface area (Å²) in [6, 6.07) is 9.15. The minimum atomic E-state index is 0.234. The summed E-state index contributed by atoms with van der Waals surface area (Å²) in [6.45, 7) is 6.40. The predicted octanol–water partition coefficient (Wildman–Crippen LogP) is 1.97. The van der Waals surface area contributed by atoms with Crippen molar-refractivity contribution < 1.29 is 5.11 Å². The van der Waals surface area contributed by atoms with Gasteiger partial charge in [-0.1, -0.05) is 24.3 Å². The van der Waals surface area contributed by atoms with E-state index in [1.54, 1.807) is 0 Å². The minimum Gasteiger partial charge on any atom is -0.395 e. The molecule has 0 aromatic heterocycles. The maximum absolute atomic E-state index is 8.96. The first-order valence-electron chi connectivity index (χ1n) is 7.66. The number of rotatable bonds is 8. The molecule has 0 amide bonds. The molecule has 20 heavy (non-hydrogen) atoms. The van der Waals surface area contributed by atoms with Crippen molar-refractivity contribution in [2.45, 2.75) is 44.7 Å². The van der Waals surface area contributed by atoms with E-state index in [0.717, 1.165) is 19.5 Å². The summed E-state index contributed by atoms with van der Waals surface area (Å²) < 4.78 is 0. The Kier molecular flexibility index (Phi) is 5.19. The zero-order valence-electron chi connectivity index (χ0n) is 13.0. The van der Waals surface area contributed by atoms with Crippen molar-refractivity contribution in [1.29, 1.82) is 0 Å². The van der Waals surface area contributed by atoms with Crippen LogP contribution in [0.1, 0.15) is 30.9 Å². The van der Waals surface area contributed by atoms with Gasteiger partial charge in [-0.05, 0) is 51.3 Å². The highest BCUT2D eigenvalue weighted by Gasteiger charge is 2.43. The van der Waals surface area contributed by atoms with Crippen LogP contribution in [-0.2, 0) is 6.42 Å². The zero-order valence-corrected chi connectivity index (χ0v) is 13.0. The van der Waals surface area contributed by atoms with Crippen LogP contribution in [0.5, 0.6) is 0 Å². The lowest BCUT2D eigenvalue weighted by molar-refractivity contribution is 0.206. The van der Waals surface area contributed by atoms with E-state index in [2.05, 4.69) is 55.4 Å². The van der Waals surface area contributed by atoms with E-state index in [1.165, 1.54) is 24.0 Å². The zero-order chi connectivity index (χ0) is 14.6. The van der Waals surface area contributed by atoms with Gasteiger partial charge in [0.15, 0.2) is 0 Å². The van der Waals surface area contributed by atoms with Gasteiger partial charge in [-0.25, -0.2) is 0 Å². The van der Waals surface area contributed by atoms with Gasteiger partial charge in [-0.3, -0.25) is 0 Å². The number of likely N-dealkylation sites (N-methyl/N-ethyl adjacent to an activating group) is 1. The van der Waals surface area contributed by atoms with Gasteiger partial charge in [0.05, 0.1) is 6.61 Å². The molecule has 1 unspecified atom stereocenters. The van der Waals surface area contributed by atoms with Crippen LogP contribution >= 0.6 is 0 Å². The molecule has 1 fully saturated rings. The highest BCUT2D eigenvalue weighted by Crippen LogP contribution is 2.39. The molecule has 0 radical (unpaired) electrons. The number of nitrogens with zero attached hydrogens (tertiary/aromatic N) is 1. The average molecular weight is 276 g/mol. The van der Waals surface area contributed by atoms with Gasteiger partial charge in [0.25, 0.3) is 0 Å². The number of benzene rings is 1. The second-order valence-corrected chi connectivity index (χ2v) is 6.41. The Hall–Kier alpha value is -0.900. The summed E-state index contributed by atoms with van der Waals surface area (Å²) in [6.07, 6.45) is 3.68. The minimum absolute atomic E-state index is 0.234. The largest absolute Gasteiger partial charge is 0.395 e. The van der Waals surface area contributed by atoms with E-state index >= 15 is 0 Å². The number of hydrogen-bond acceptors (Lipinski definition) is 3. The third kappa shape index (κ3) is 4.30. The fourth-order valence-corrected chi connectivity index (χ4v) is 2.99. The van der Waals surface area contributed by atoms with E-state index in [0.29, 0.717) is 11.6 Å². The monoisotopic (exact) mass is 276 g/mol. The van der Waals surface area contributed by atoms with Gasteiger partial charge in [-0.2, -0.15) is 0 Å². The number of aliphatic hydroxyl groups is 1. The van der Waals surface area contributed by atoms with Crippen LogP contribution in [0, 0.1) is 6.92 Å². The summed E-state index contributed by atoms with van der Waals surface area (Å²) in [4.78, 5) is 2.18. The lowest BCUT2D eigenvalue weighted by Gasteiger charge is -2.27. The Bertz CT molecular complexity index is 429. The summed E-state index contributed by atoms with van der Waals surface area (Å²) in [5, 5.41) is 12.8. The van der Waals surface area contributed by atoms with Crippen molar-refractivity contribution in [3.05, 3.63) is 35.4 Å². The predicted molar refractivity (Wildman–Crippen MR) is 84.0 cm³/mol. The molecule has 1 aromatic rings. The van der Waals surface area contributed by atoms with Crippen molar-refractivity contribution in [1.82, 2.24) is 10.2 Å². The molecule has 3 heteroatoms.